The summed E-state index contributed by atoms with van der Waals surface area (Å²) < 4.78 is 5.17. The zero-order valence-electron chi connectivity index (χ0n) is 19.5. The van der Waals surface area contributed by atoms with Crippen molar-refractivity contribution in [2.75, 3.05) is 0 Å². The highest BCUT2D eigenvalue weighted by Gasteiger charge is 2.42. The molecule has 2 aromatic carbocycles. The topological polar surface area (TPSA) is 94.9 Å². The summed E-state index contributed by atoms with van der Waals surface area (Å²) in [6.45, 7) is 2.29. The van der Waals surface area contributed by atoms with Crippen molar-refractivity contribution >= 4 is 16.9 Å². The molecule has 1 aromatic heterocycles. The average Bonchev–Trinajstić information content (AvgIpc) is 3.54. The molecule has 0 amide bonds. The van der Waals surface area contributed by atoms with Gasteiger partial charge in [0.2, 0.25) is 0 Å². The summed E-state index contributed by atoms with van der Waals surface area (Å²) in [5.41, 5.74) is 2.55. The second-order valence-electron chi connectivity index (χ2n) is 9.16. The number of aromatic nitrogens is 5. The van der Waals surface area contributed by atoms with Crippen molar-refractivity contribution < 1.29 is 9.90 Å². The van der Waals surface area contributed by atoms with Gasteiger partial charge in [-0.05, 0) is 36.8 Å². The molecule has 2 unspecified atom stereocenters. The SMILES string of the molecule is CC1(n2nc3c4ccccc4n(Cc4ccc(-n5cccn5)cc4)cc-3c2=O)C=CC=CC1C(=O)O. The van der Waals surface area contributed by atoms with Crippen molar-refractivity contribution in [3.8, 4) is 16.9 Å². The molecule has 3 aliphatic rings. The van der Waals surface area contributed by atoms with Crippen LogP contribution in [0.1, 0.15) is 12.5 Å². The second kappa shape index (κ2) is 8.20. The van der Waals surface area contributed by atoms with Crippen LogP contribution in [-0.2, 0) is 16.9 Å². The number of rotatable bonds is 5. The van der Waals surface area contributed by atoms with Crippen molar-refractivity contribution in [2.45, 2.75) is 19.0 Å². The van der Waals surface area contributed by atoms with Gasteiger partial charge in [-0.2, -0.15) is 10.2 Å². The minimum atomic E-state index is -1.12. The van der Waals surface area contributed by atoms with E-state index in [9.17, 15) is 14.7 Å². The highest BCUT2D eigenvalue weighted by atomic mass is 16.4. The number of allylic oxidation sites excluding steroid dienone is 3. The third kappa shape index (κ3) is 3.38. The lowest BCUT2D eigenvalue weighted by molar-refractivity contribution is -0.142. The predicted octanol–water partition coefficient (Wildman–Crippen LogP) is 4.08. The molecule has 0 saturated heterocycles. The number of fused-ring (bicyclic) bond motifs is 3. The monoisotopic (exact) mass is 477 g/mol. The fourth-order valence-corrected chi connectivity index (χ4v) is 4.97. The number of benzene rings is 2. The summed E-state index contributed by atoms with van der Waals surface area (Å²) in [7, 11) is 0. The number of carboxylic acids is 1. The zero-order valence-corrected chi connectivity index (χ0v) is 19.5. The van der Waals surface area contributed by atoms with Crippen LogP contribution in [0.2, 0.25) is 0 Å². The Kier molecular flexibility index (Phi) is 4.96. The van der Waals surface area contributed by atoms with Gasteiger partial charge >= 0.3 is 5.97 Å². The van der Waals surface area contributed by atoms with Crippen LogP contribution in [0.4, 0.5) is 0 Å². The standard InChI is InChI=1S/C28H23N5O3/c1-28(14-5-4-8-23(28)27(35)36)33-26(34)22-18-31(24-9-3-2-7-21(24)25(22)30-33)17-19-10-12-20(13-11-19)32-16-6-15-29-32/h2-16,18,23H,17H2,1H3,(H,35,36). The molecule has 178 valence electrons. The van der Waals surface area contributed by atoms with E-state index in [1.807, 2.05) is 71.6 Å². The molecule has 8 heteroatoms. The van der Waals surface area contributed by atoms with Crippen LogP contribution in [-0.4, -0.2) is 35.2 Å². The molecule has 2 aliphatic heterocycles. The Bertz CT molecular complexity index is 1670. The molecule has 1 N–H and O–H groups in total. The summed E-state index contributed by atoms with van der Waals surface area (Å²) in [5.74, 6) is -1.91. The van der Waals surface area contributed by atoms with E-state index in [2.05, 4.69) is 10.2 Å². The highest BCUT2D eigenvalue weighted by Crippen LogP contribution is 2.34. The summed E-state index contributed by atoms with van der Waals surface area (Å²) in [6.07, 6.45) is 12.2. The first-order valence-corrected chi connectivity index (χ1v) is 11.6. The largest absolute Gasteiger partial charge is 0.481 e. The third-order valence-corrected chi connectivity index (χ3v) is 6.89. The Morgan fingerprint density at radius 2 is 1.89 bits per heavy atom. The lowest BCUT2D eigenvalue weighted by Gasteiger charge is -2.32. The number of nitrogens with zero attached hydrogens (tertiary/aromatic N) is 5. The second-order valence-corrected chi connectivity index (χ2v) is 9.16. The van der Waals surface area contributed by atoms with Gasteiger partial charge in [0.15, 0.2) is 0 Å². The molecule has 3 heterocycles. The molecule has 0 bridgehead atoms. The molecule has 6 rings (SSSR count). The normalized spacial score (nSPS) is 19.3. The maximum absolute atomic E-state index is 13.7. The molecule has 0 spiro atoms. The van der Waals surface area contributed by atoms with Crippen LogP contribution in [0.5, 0.6) is 0 Å². The van der Waals surface area contributed by atoms with Gasteiger partial charge in [-0.25, -0.2) is 9.36 Å². The maximum atomic E-state index is 13.7. The van der Waals surface area contributed by atoms with Crippen molar-refractivity contribution in [1.29, 1.82) is 0 Å². The maximum Gasteiger partial charge on any atom is 0.313 e. The molecule has 0 radical (unpaired) electrons. The Morgan fingerprint density at radius 3 is 2.64 bits per heavy atom. The van der Waals surface area contributed by atoms with Gasteiger partial charge in [-0.1, -0.05) is 54.6 Å². The van der Waals surface area contributed by atoms with Gasteiger partial charge in [0, 0.05) is 30.5 Å². The first-order valence-electron chi connectivity index (χ1n) is 11.6. The Morgan fingerprint density at radius 1 is 1.08 bits per heavy atom. The summed E-state index contributed by atoms with van der Waals surface area (Å²) in [5, 5.41) is 19.6. The predicted molar refractivity (Wildman–Crippen MR) is 136 cm³/mol. The lowest BCUT2D eigenvalue weighted by atomic mass is 9.82. The summed E-state index contributed by atoms with van der Waals surface area (Å²) in [6, 6.07) is 17.8. The molecule has 2 atom stereocenters. The first-order chi connectivity index (χ1) is 17.5. The number of carbonyl (C=O) groups is 1. The van der Waals surface area contributed by atoms with Gasteiger partial charge in [-0.15, -0.1) is 0 Å². The Hall–Kier alpha value is -4.72. The van der Waals surface area contributed by atoms with E-state index in [-0.39, 0.29) is 5.56 Å². The third-order valence-electron chi connectivity index (χ3n) is 6.89. The van der Waals surface area contributed by atoms with Crippen molar-refractivity contribution in [2.24, 2.45) is 5.92 Å². The molecule has 1 aliphatic carbocycles. The first kappa shape index (κ1) is 21.8. The average molecular weight is 478 g/mol. The van der Waals surface area contributed by atoms with Crippen LogP contribution < -0.4 is 5.56 Å². The van der Waals surface area contributed by atoms with E-state index in [4.69, 9.17) is 0 Å². The minimum Gasteiger partial charge on any atom is -0.481 e. The van der Waals surface area contributed by atoms with Crippen molar-refractivity contribution in [3.63, 3.8) is 0 Å². The van der Waals surface area contributed by atoms with Gasteiger partial charge in [-0.3, -0.25) is 9.59 Å². The number of aliphatic carboxylic acids is 1. The smallest absolute Gasteiger partial charge is 0.313 e. The molecule has 0 saturated carbocycles. The fraction of sp³-hybridized carbons (Fsp3) is 0.143. The molecule has 36 heavy (non-hydrogen) atoms. The number of para-hydroxylation sites is 1. The van der Waals surface area contributed by atoms with E-state index in [1.54, 1.807) is 42.1 Å². The number of pyridine rings is 1. The summed E-state index contributed by atoms with van der Waals surface area (Å²) in [4.78, 5) is 25.7. The van der Waals surface area contributed by atoms with Crippen LogP contribution in [0.15, 0.2) is 102 Å². The van der Waals surface area contributed by atoms with Crippen LogP contribution in [0, 0.1) is 5.92 Å². The van der Waals surface area contributed by atoms with Gasteiger partial charge in [0.1, 0.15) is 11.6 Å². The Balaban J connectivity index is 1.48. The molecule has 3 aromatic rings. The van der Waals surface area contributed by atoms with Gasteiger partial charge in [0.05, 0.1) is 22.3 Å². The van der Waals surface area contributed by atoms with Crippen LogP contribution in [0.3, 0.4) is 0 Å². The van der Waals surface area contributed by atoms with E-state index in [1.165, 1.54) is 4.68 Å². The molecular weight excluding hydrogens is 454 g/mol. The van der Waals surface area contributed by atoms with Crippen molar-refractivity contribution in [1.82, 2.24) is 24.1 Å². The Labute approximate surface area is 206 Å². The lowest BCUT2D eigenvalue weighted by Crippen LogP contribution is -2.45. The fourth-order valence-electron chi connectivity index (χ4n) is 4.97. The minimum absolute atomic E-state index is 0.313. The zero-order chi connectivity index (χ0) is 24.9. The van der Waals surface area contributed by atoms with E-state index >= 15 is 0 Å². The van der Waals surface area contributed by atoms with Gasteiger partial charge < -0.3 is 9.67 Å². The number of hydrogen-bond acceptors (Lipinski definition) is 4. The highest BCUT2D eigenvalue weighted by molar-refractivity contribution is 5.93. The molecule has 8 nitrogen and oxygen atoms in total. The summed E-state index contributed by atoms with van der Waals surface area (Å²) >= 11 is 0. The van der Waals surface area contributed by atoms with Crippen LogP contribution >= 0.6 is 0 Å². The quantitative estimate of drug-likeness (QED) is 0.412. The molecular formula is C28H23N5O3. The van der Waals surface area contributed by atoms with Gasteiger partial charge in [0.25, 0.3) is 5.56 Å². The number of carboxylic acid groups (broad SMARTS) is 1. The van der Waals surface area contributed by atoms with E-state index in [0.29, 0.717) is 17.8 Å². The van der Waals surface area contributed by atoms with E-state index in [0.717, 1.165) is 22.2 Å². The van der Waals surface area contributed by atoms with Crippen LogP contribution in [0.25, 0.3) is 27.8 Å². The van der Waals surface area contributed by atoms with Crippen molar-refractivity contribution in [3.05, 3.63) is 113 Å². The van der Waals surface area contributed by atoms with E-state index < -0.39 is 17.4 Å². The molecule has 0 fully saturated rings. The number of hydrogen-bond donors (Lipinski definition) is 1.